The Morgan fingerprint density at radius 3 is 2.45 bits per heavy atom. The molecule has 0 aliphatic carbocycles. The van der Waals surface area contributed by atoms with Crippen LogP contribution in [0.1, 0.15) is 31.0 Å². The van der Waals surface area contributed by atoms with Gasteiger partial charge in [-0.2, -0.15) is 0 Å². The van der Waals surface area contributed by atoms with E-state index in [1.165, 1.54) is 11.1 Å². The summed E-state index contributed by atoms with van der Waals surface area (Å²) in [7, 11) is 0. The van der Waals surface area contributed by atoms with Crippen LogP contribution < -0.4 is 5.32 Å². The molecule has 0 saturated heterocycles. The van der Waals surface area contributed by atoms with Crippen LogP contribution in [0.4, 0.5) is 0 Å². The Balaban J connectivity index is 1.93. The molecule has 3 heteroatoms. The van der Waals surface area contributed by atoms with Gasteiger partial charge in [-0.25, -0.2) is 0 Å². The summed E-state index contributed by atoms with van der Waals surface area (Å²) in [6.45, 7) is 4.40. The van der Waals surface area contributed by atoms with Crippen molar-refractivity contribution in [2.45, 2.75) is 32.4 Å². The largest absolute Gasteiger partial charge is 0.307 e. The maximum Gasteiger partial charge on any atom is 0.0408 e. The summed E-state index contributed by atoms with van der Waals surface area (Å²) in [4.78, 5) is 0. The maximum atomic E-state index is 6.02. The van der Waals surface area contributed by atoms with E-state index in [0.29, 0.717) is 12.1 Å². The number of hydrogen-bond acceptors (Lipinski definition) is 1. The average molecular weight is 353 g/mol. The highest BCUT2D eigenvalue weighted by molar-refractivity contribution is 9.10. The second-order valence-electron chi connectivity index (χ2n) is 5.17. The lowest BCUT2D eigenvalue weighted by Crippen LogP contribution is -2.30. The first-order valence-corrected chi connectivity index (χ1v) is 7.97. The smallest absolute Gasteiger partial charge is 0.0408 e. The van der Waals surface area contributed by atoms with Gasteiger partial charge in [0.05, 0.1) is 0 Å². The van der Waals surface area contributed by atoms with E-state index >= 15 is 0 Å². The van der Waals surface area contributed by atoms with Gasteiger partial charge >= 0.3 is 0 Å². The molecule has 106 valence electrons. The first-order valence-electron chi connectivity index (χ1n) is 6.80. The molecule has 2 rings (SSSR count). The molecule has 0 amide bonds. The van der Waals surface area contributed by atoms with Crippen molar-refractivity contribution in [1.82, 2.24) is 5.32 Å². The van der Waals surface area contributed by atoms with Gasteiger partial charge in [0.25, 0.3) is 0 Å². The van der Waals surface area contributed by atoms with Crippen molar-refractivity contribution >= 4 is 27.5 Å². The van der Waals surface area contributed by atoms with E-state index in [9.17, 15) is 0 Å². The Kier molecular flexibility index (Phi) is 5.64. The fourth-order valence-corrected chi connectivity index (χ4v) is 2.83. The molecule has 0 fully saturated rings. The summed E-state index contributed by atoms with van der Waals surface area (Å²) in [6.07, 6.45) is 0.974. The van der Waals surface area contributed by atoms with Crippen molar-refractivity contribution in [3.63, 3.8) is 0 Å². The molecule has 0 radical (unpaired) electrons. The molecular weight excluding hydrogens is 334 g/mol. The van der Waals surface area contributed by atoms with Gasteiger partial charge in [0.15, 0.2) is 0 Å². The van der Waals surface area contributed by atoms with E-state index in [2.05, 4.69) is 65.4 Å². The Morgan fingerprint density at radius 1 is 1.10 bits per heavy atom. The number of rotatable bonds is 5. The molecule has 0 aliphatic heterocycles. The molecule has 0 aliphatic rings. The Bertz CT molecular complexity index is 553. The van der Waals surface area contributed by atoms with Crippen LogP contribution in [0, 0.1) is 0 Å². The van der Waals surface area contributed by atoms with Gasteiger partial charge in [-0.15, -0.1) is 0 Å². The van der Waals surface area contributed by atoms with E-state index in [1.807, 2.05) is 18.2 Å². The summed E-state index contributed by atoms with van der Waals surface area (Å²) in [6, 6.07) is 17.2. The molecule has 0 bridgehead atoms. The van der Waals surface area contributed by atoms with E-state index < -0.39 is 0 Å². The number of nitrogens with one attached hydrogen (secondary N) is 1. The molecule has 1 nitrogen and oxygen atoms in total. The zero-order valence-corrected chi connectivity index (χ0v) is 14.1. The second-order valence-corrected chi connectivity index (χ2v) is 6.53. The molecule has 20 heavy (non-hydrogen) atoms. The summed E-state index contributed by atoms with van der Waals surface area (Å²) in [5.74, 6) is 0. The summed E-state index contributed by atoms with van der Waals surface area (Å²) in [5, 5.41) is 4.43. The van der Waals surface area contributed by atoms with Crippen molar-refractivity contribution in [1.29, 1.82) is 0 Å². The van der Waals surface area contributed by atoms with E-state index in [0.717, 1.165) is 15.9 Å². The SMILES string of the molecule is CC(Cc1cccc(Cl)c1)NC(C)c1ccc(Br)cc1. The lowest BCUT2D eigenvalue weighted by atomic mass is 10.0. The lowest BCUT2D eigenvalue weighted by Gasteiger charge is -2.20. The molecule has 0 saturated carbocycles. The fourth-order valence-electron chi connectivity index (χ4n) is 2.35. The van der Waals surface area contributed by atoms with Crippen molar-refractivity contribution in [2.75, 3.05) is 0 Å². The minimum absolute atomic E-state index is 0.331. The van der Waals surface area contributed by atoms with E-state index in [4.69, 9.17) is 11.6 Å². The second kappa shape index (κ2) is 7.26. The highest BCUT2D eigenvalue weighted by Crippen LogP contribution is 2.18. The molecular formula is C17H19BrClN. The molecule has 2 aromatic rings. The number of hydrogen-bond donors (Lipinski definition) is 1. The maximum absolute atomic E-state index is 6.02. The van der Waals surface area contributed by atoms with Crippen LogP contribution in [0.3, 0.4) is 0 Å². The van der Waals surface area contributed by atoms with Gasteiger partial charge in [-0.1, -0.05) is 51.8 Å². The zero-order chi connectivity index (χ0) is 14.5. The topological polar surface area (TPSA) is 12.0 Å². The van der Waals surface area contributed by atoms with Crippen LogP contribution in [0.2, 0.25) is 5.02 Å². The molecule has 0 aromatic heterocycles. The third-order valence-electron chi connectivity index (χ3n) is 3.34. The highest BCUT2D eigenvalue weighted by Gasteiger charge is 2.10. The third kappa shape index (κ3) is 4.62. The Labute approximate surface area is 134 Å². The summed E-state index contributed by atoms with van der Waals surface area (Å²) >= 11 is 9.48. The van der Waals surface area contributed by atoms with Gasteiger partial charge < -0.3 is 5.32 Å². The van der Waals surface area contributed by atoms with Gasteiger partial charge in [0.1, 0.15) is 0 Å². The first-order chi connectivity index (χ1) is 9.54. The summed E-state index contributed by atoms with van der Waals surface area (Å²) in [5.41, 5.74) is 2.56. The predicted molar refractivity (Wildman–Crippen MR) is 90.3 cm³/mol. The van der Waals surface area contributed by atoms with Crippen LogP contribution in [-0.2, 0) is 6.42 Å². The predicted octanol–water partition coefficient (Wildman–Crippen LogP) is 5.38. The van der Waals surface area contributed by atoms with Crippen LogP contribution in [0.5, 0.6) is 0 Å². The lowest BCUT2D eigenvalue weighted by molar-refractivity contribution is 0.477. The normalized spacial score (nSPS) is 14.0. The molecule has 0 heterocycles. The third-order valence-corrected chi connectivity index (χ3v) is 4.10. The van der Waals surface area contributed by atoms with E-state index in [1.54, 1.807) is 0 Å². The standard InChI is InChI=1S/C17H19BrClN/c1-12(10-14-4-3-5-17(19)11-14)20-13(2)15-6-8-16(18)9-7-15/h3-9,11-13,20H,10H2,1-2H3. The molecule has 1 N–H and O–H groups in total. The first kappa shape index (κ1) is 15.6. The van der Waals surface area contributed by atoms with Crippen molar-refractivity contribution in [3.8, 4) is 0 Å². The minimum Gasteiger partial charge on any atom is -0.307 e. The van der Waals surface area contributed by atoms with E-state index in [-0.39, 0.29) is 0 Å². The molecule has 2 unspecified atom stereocenters. The van der Waals surface area contributed by atoms with Crippen molar-refractivity contribution < 1.29 is 0 Å². The zero-order valence-electron chi connectivity index (χ0n) is 11.7. The average Bonchev–Trinajstić information content (AvgIpc) is 2.39. The van der Waals surface area contributed by atoms with Gasteiger partial charge in [-0.05, 0) is 55.7 Å². The monoisotopic (exact) mass is 351 g/mol. The molecule has 2 aromatic carbocycles. The Hall–Kier alpha value is -0.830. The fraction of sp³-hybridized carbons (Fsp3) is 0.294. The summed E-state index contributed by atoms with van der Waals surface area (Å²) < 4.78 is 1.11. The molecule has 2 atom stereocenters. The van der Waals surface area contributed by atoms with Crippen LogP contribution in [0.25, 0.3) is 0 Å². The van der Waals surface area contributed by atoms with Gasteiger partial charge in [0, 0.05) is 21.6 Å². The number of benzene rings is 2. The molecule has 0 spiro atoms. The van der Waals surface area contributed by atoms with Crippen LogP contribution >= 0.6 is 27.5 Å². The van der Waals surface area contributed by atoms with Gasteiger partial charge in [-0.3, -0.25) is 0 Å². The number of halogens is 2. The van der Waals surface area contributed by atoms with Crippen molar-refractivity contribution in [2.24, 2.45) is 0 Å². The van der Waals surface area contributed by atoms with Crippen molar-refractivity contribution in [3.05, 3.63) is 69.2 Å². The Morgan fingerprint density at radius 2 is 1.80 bits per heavy atom. The highest BCUT2D eigenvalue weighted by atomic mass is 79.9. The van der Waals surface area contributed by atoms with Crippen LogP contribution in [0.15, 0.2) is 53.0 Å². The minimum atomic E-state index is 0.331. The quantitative estimate of drug-likeness (QED) is 0.761. The van der Waals surface area contributed by atoms with Crippen LogP contribution in [-0.4, -0.2) is 6.04 Å². The van der Waals surface area contributed by atoms with Gasteiger partial charge in [0.2, 0.25) is 0 Å².